The molecule has 1 aliphatic rings. The zero-order valence-electron chi connectivity index (χ0n) is 8.82. The first-order chi connectivity index (χ1) is 7.08. The topological polar surface area (TPSA) is 56.3 Å². The molecule has 0 N–H and O–H groups in total. The first-order valence-corrected chi connectivity index (χ1v) is 5.76. The predicted molar refractivity (Wildman–Crippen MR) is 55.9 cm³/mol. The van der Waals surface area contributed by atoms with E-state index >= 15 is 0 Å². The lowest BCUT2D eigenvalue weighted by Gasteiger charge is -2.27. The lowest BCUT2D eigenvalue weighted by molar-refractivity contribution is -0.255. The number of nitrogens with zero attached hydrogens (tertiary/aromatic N) is 2. The van der Waals surface area contributed by atoms with Crippen molar-refractivity contribution in [2.45, 2.75) is 25.3 Å². The van der Waals surface area contributed by atoms with Crippen LogP contribution in [0.5, 0.6) is 0 Å². The molecule has 0 spiro atoms. The molecule has 0 saturated carbocycles. The SMILES string of the molecule is CN(C)C1CCc2sc(C(=O)[O-])nc2C1. The summed E-state index contributed by atoms with van der Waals surface area (Å²) >= 11 is 1.27. The summed E-state index contributed by atoms with van der Waals surface area (Å²) in [5.41, 5.74) is 0.948. The molecule has 0 bridgehead atoms. The Labute approximate surface area is 92.6 Å². The van der Waals surface area contributed by atoms with Crippen LogP contribution in [0.25, 0.3) is 0 Å². The first-order valence-electron chi connectivity index (χ1n) is 4.94. The third-order valence-corrected chi connectivity index (χ3v) is 3.95. The van der Waals surface area contributed by atoms with Crippen molar-refractivity contribution in [2.75, 3.05) is 14.1 Å². The third-order valence-electron chi connectivity index (χ3n) is 2.82. The highest BCUT2D eigenvalue weighted by atomic mass is 32.1. The van der Waals surface area contributed by atoms with Gasteiger partial charge in [-0.15, -0.1) is 11.3 Å². The van der Waals surface area contributed by atoms with Gasteiger partial charge in [-0.2, -0.15) is 0 Å². The normalized spacial score (nSPS) is 20.3. The molecule has 1 heterocycles. The second-order valence-corrected chi connectivity index (χ2v) is 5.12. The molecule has 4 nitrogen and oxygen atoms in total. The monoisotopic (exact) mass is 225 g/mol. The molecule has 1 aromatic rings. The molecular formula is C10H13N2O2S-. The van der Waals surface area contributed by atoms with Crippen LogP contribution in [-0.4, -0.2) is 36.0 Å². The number of fused-ring (bicyclic) bond motifs is 1. The Kier molecular flexibility index (Phi) is 2.75. The van der Waals surface area contributed by atoms with Crippen LogP contribution >= 0.6 is 11.3 Å². The number of thiazole rings is 1. The maximum absolute atomic E-state index is 10.7. The maximum atomic E-state index is 10.7. The second kappa shape index (κ2) is 3.90. The van der Waals surface area contributed by atoms with E-state index in [0.29, 0.717) is 6.04 Å². The molecule has 0 radical (unpaired) electrons. The van der Waals surface area contributed by atoms with E-state index in [4.69, 9.17) is 0 Å². The van der Waals surface area contributed by atoms with E-state index in [0.717, 1.165) is 29.8 Å². The smallest absolute Gasteiger partial charge is 0.139 e. The third kappa shape index (κ3) is 2.03. The Balaban J connectivity index is 2.23. The van der Waals surface area contributed by atoms with Crippen molar-refractivity contribution >= 4 is 17.3 Å². The van der Waals surface area contributed by atoms with Crippen molar-refractivity contribution < 1.29 is 9.90 Å². The van der Waals surface area contributed by atoms with E-state index in [9.17, 15) is 9.90 Å². The number of rotatable bonds is 2. The number of aromatic carboxylic acids is 1. The van der Waals surface area contributed by atoms with Crippen LogP contribution < -0.4 is 5.11 Å². The lowest BCUT2D eigenvalue weighted by atomic mass is 9.97. The van der Waals surface area contributed by atoms with Crippen molar-refractivity contribution in [3.05, 3.63) is 15.6 Å². The lowest BCUT2D eigenvalue weighted by Crippen LogP contribution is -2.33. The molecule has 0 aromatic carbocycles. The highest BCUT2D eigenvalue weighted by Gasteiger charge is 2.23. The van der Waals surface area contributed by atoms with Crippen molar-refractivity contribution in [3.8, 4) is 0 Å². The highest BCUT2D eigenvalue weighted by Crippen LogP contribution is 2.28. The summed E-state index contributed by atoms with van der Waals surface area (Å²) in [7, 11) is 4.09. The van der Waals surface area contributed by atoms with Gasteiger partial charge in [0.15, 0.2) is 0 Å². The van der Waals surface area contributed by atoms with Crippen LogP contribution in [0.2, 0.25) is 0 Å². The molecule has 2 rings (SSSR count). The number of carboxylic acids is 1. The summed E-state index contributed by atoms with van der Waals surface area (Å²) in [5, 5.41) is 10.8. The molecular weight excluding hydrogens is 212 g/mol. The predicted octanol–water partition coefficient (Wildman–Crippen LogP) is -0.0745. The Morgan fingerprint density at radius 2 is 2.33 bits per heavy atom. The van der Waals surface area contributed by atoms with Crippen molar-refractivity contribution in [1.29, 1.82) is 0 Å². The first kappa shape index (κ1) is 10.6. The summed E-state index contributed by atoms with van der Waals surface area (Å²) in [6, 6.07) is 0.481. The minimum atomic E-state index is -1.16. The number of hydrogen-bond donors (Lipinski definition) is 0. The fourth-order valence-corrected chi connectivity index (χ4v) is 2.83. The molecule has 1 aliphatic carbocycles. The molecule has 82 valence electrons. The van der Waals surface area contributed by atoms with E-state index in [1.165, 1.54) is 11.3 Å². The average molecular weight is 225 g/mol. The van der Waals surface area contributed by atoms with Crippen LogP contribution in [0, 0.1) is 0 Å². The van der Waals surface area contributed by atoms with Gasteiger partial charge in [-0.25, -0.2) is 4.98 Å². The average Bonchev–Trinajstić information content (AvgIpc) is 2.59. The maximum Gasteiger partial charge on any atom is 0.139 e. The molecule has 0 aliphatic heterocycles. The molecule has 5 heteroatoms. The summed E-state index contributed by atoms with van der Waals surface area (Å²) in [4.78, 5) is 18.1. The molecule has 0 amide bonds. The van der Waals surface area contributed by atoms with Gasteiger partial charge in [-0.3, -0.25) is 0 Å². The quantitative estimate of drug-likeness (QED) is 0.706. The van der Waals surface area contributed by atoms with Gasteiger partial charge in [0.05, 0.1) is 5.69 Å². The van der Waals surface area contributed by atoms with Crippen LogP contribution in [0.4, 0.5) is 0 Å². The number of carbonyl (C=O) groups excluding carboxylic acids is 1. The van der Waals surface area contributed by atoms with Crippen LogP contribution in [0.1, 0.15) is 26.8 Å². The largest absolute Gasteiger partial charge is 0.542 e. The van der Waals surface area contributed by atoms with Crippen molar-refractivity contribution in [2.24, 2.45) is 0 Å². The summed E-state index contributed by atoms with van der Waals surface area (Å²) in [6.07, 6.45) is 2.87. The zero-order valence-corrected chi connectivity index (χ0v) is 9.63. The summed E-state index contributed by atoms with van der Waals surface area (Å²) in [6.45, 7) is 0. The van der Waals surface area contributed by atoms with Gasteiger partial charge in [0.1, 0.15) is 11.0 Å². The van der Waals surface area contributed by atoms with E-state index in [-0.39, 0.29) is 5.01 Å². The van der Waals surface area contributed by atoms with E-state index in [1.807, 2.05) is 14.1 Å². The fraction of sp³-hybridized carbons (Fsp3) is 0.600. The molecule has 15 heavy (non-hydrogen) atoms. The molecule has 0 saturated heterocycles. The summed E-state index contributed by atoms with van der Waals surface area (Å²) < 4.78 is 0. The van der Waals surface area contributed by atoms with Gasteiger partial charge in [0.25, 0.3) is 0 Å². The minimum absolute atomic E-state index is 0.124. The van der Waals surface area contributed by atoms with E-state index in [2.05, 4.69) is 9.88 Å². The summed E-state index contributed by atoms with van der Waals surface area (Å²) in [5.74, 6) is -1.16. The number of aromatic nitrogens is 1. The van der Waals surface area contributed by atoms with Crippen LogP contribution in [0.15, 0.2) is 0 Å². The molecule has 1 atom stereocenters. The van der Waals surface area contributed by atoms with Gasteiger partial charge in [-0.05, 0) is 26.9 Å². The Hall–Kier alpha value is -0.940. The highest BCUT2D eigenvalue weighted by molar-refractivity contribution is 7.13. The van der Waals surface area contributed by atoms with Crippen LogP contribution in [-0.2, 0) is 12.8 Å². The van der Waals surface area contributed by atoms with Crippen molar-refractivity contribution in [3.63, 3.8) is 0 Å². The molecule has 0 fully saturated rings. The molecule has 1 aromatic heterocycles. The number of likely N-dealkylation sites (N-methyl/N-ethyl adjacent to an activating group) is 1. The van der Waals surface area contributed by atoms with E-state index in [1.54, 1.807) is 0 Å². The van der Waals surface area contributed by atoms with Crippen LogP contribution in [0.3, 0.4) is 0 Å². The number of carbonyl (C=O) groups is 1. The second-order valence-electron chi connectivity index (χ2n) is 4.04. The Morgan fingerprint density at radius 1 is 1.60 bits per heavy atom. The minimum Gasteiger partial charge on any atom is -0.542 e. The Morgan fingerprint density at radius 3 is 2.93 bits per heavy atom. The Bertz CT molecular complexity index is 387. The molecule has 1 unspecified atom stereocenters. The number of hydrogen-bond acceptors (Lipinski definition) is 5. The standard InChI is InChI=1S/C10H14N2O2S/c1-12(2)6-3-4-8-7(5-6)11-9(15-8)10(13)14/h6H,3-5H2,1-2H3,(H,13,14)/p-1. The fourth-order valence-electron chi connectivity index (χ4n) is 1.89. The number of carboxylic acid groups (broad SMARTS) is 1. The van der Waals surface area contributed by atoms with E-state index < -0.39 is 5.97 Å². The van der Waals surface area contributed by atoms with Gasteiger partial charge in [-0.1, -0.05) is 0 Å². The van der Waals surface area contributed by atoms with Gasteiger partial charge in [0, 0.05) is 17.3 Å². The zero-order chi connectivity index (χ0) is 11.0. The van der Waals surface area contributed by atoms with Crippen molar-refractivity contribution in [1.82, 2.24) is 9.88 Å². The van der Waals surface area contributed by atoms with Gasteiger partial charge < -0.3 is 14.8 Å². The van der Waals surface area contributed by atoms with Gasteiger partial charge >= 0.3 is 0 Å². The number of aryl methyl sites for hydroxylation is 1. The van der Waals surface area contributed by atoms with Gasteiger partial charge in [0.2, 0.25) is 0 Å².